The molecule has 0 spiro atoms. The van der Waals surface area contributed by atoms with Gasteiger partial charge in [-0.3, -0.25) is 4.79 Å². The zero-order chi connectivity index (χ0) is 15.5. The van der Waals surface area contributed by atoms with Crippen molar-refractivity contribution in [3.63, 3.8) is 0 Å². The van der Waals surface area contributed by atoms with Crippen molar-refractivity contribution in [2.45, 2.75) is 12.7 Å². The molecule has 0 aromatic carbocycles. The van der Waals surface area contributed by atoms with Gasteiger partial charge in [0.15, 0.2) is 0 Å². The second kappa shape index (κ2) is 5.81. The molecule has 2 rings (SSSR count). The lowest BCUT2D eigenvalue weighted by molar-refractivity contribution is -0.141. The number of hydrogen-bond donors (Lipinski definition) is 2. The molecule has 0 fully saturated rings. The highest BCUT2D eigenvalue weighted by molar-refractivity contribution is 5.97. The molecule has 9 heteroatoms. The van der Waals surface area contributed by atoms with Crippen LogP contribution in [0.15, 0.2) is 30.9 Å². The molecule has 1 amide bonds. The topological polar surface area (TPSA) is 85.8 Å². The summed E-state index contributed by atoms with van der Waals surface area (Å²) < 4.78 is 39.6. The number of alkyl halides is 3. The molecule has 0 radical (unpaired) electrons. The number of pyridine rings is 1. The fraction of sp³-hybridized carbons (Fsp3) is 0.250. The van der Waals surface area contributed by atoms with E-state index in [1.54, 1.807) is 23.3 Å². The summed E-state index contributed by atoms with van der Waals surface area (Å²) in [6.07, 6.45) is 0.265. The summed E-state index contributed by atoms with van der Waals surface area (Å²) in [5, 5.41) is 2.68. The van der Waals surface area contributed by atoms with Crippen LogP contribution in [-0.2, 0) is 12.7 Å². The fourth-order valence-electron chi connectivity index (χ4n) is 1.67. The Bertz CT molecular complexity index is 624. The summed E-state index contributed by atoms with van der Waals surface area (Å²) in [5.74, 6) is -1.03. The van der Waals surface area contributed by atoms with Gasteiger partial charge >= 0.3 is 6.18 Å². The van der Waals surface area contributed by atoms with Gasteiger partial charge in [0.2, 0.25) is 0 Å². The van der Waals surface area contributed by atoms with Crippen molar-refractivity contribution in [2.75, 3.05) is 11.9 Å². The molecule has 21 heavy (non-hydrogen) atoms. The number of nitrogens with two attached hydrogens (primary N) is 1. The number of amides is 1. The maximum Gasteiger partial charge on any atom is 0.433 e. The molecule has 6 nitrogen and oxygen atoms in total. The first-order valence-electron chi connectivity index (χ1n) is 5.95. The Morgan fingerprint density at radius 3 is 2.71 bits per heavy atom. The van der Waals surface area contributed by atoms with E-state index in [0.29, 0.717) is 6.54 Å². The number of carbonyl (C=O) groups is 1. The van der Waals surface area contributed by atoms with Gasteiger partial charge in [-0.2, -0.15) is 13.2 Å². The molecule has 112 valence electrons. The van der Waals surface area contributed by atoms with E-state index in [9.17, 15) is 18.0 Å². The van der Waals surface area contributed by atoms with E-state index in [4.69, 9.17) is 5.73 Å². The second-order valence-corrected chi connectivity index (χ2v) is 4.18. The van der Waals surface area contributed by atoms with Crippen LogP contribution < -0.4 is 11.1 Å². The minimum Gasteiger partial charge on any atom is -0.368 e. The lowest BCUT2D eigenvalue weighted by Gasteiger charge is -2.12. The zero-order valence-corrected chi connectivity index (χ0v) is 10.8. The van der Waals surface area contributed by atoms with Crippen molar-refractivity contribution in [2.24, 2.45) is 5.73 Å². The van der Waals surface area contributed by atoms with Gasteiger partial charge in [0.25, 0.3) is 5.91 Å². The lowest BCUT2D eigenvalue weighted by Crippen LogP contribution is -2.20. The van der Waals surface area contributed by atoms with E-state index in [1.807, 2.05) is 0 Å². The normalized spacial score (nSPS) is 11.4. The van der Waals surface area contributed by atoms with Crippen LogP contribution in [0.3, 0.4) is 0 Å². The average molecular weight is 299 g/mol. The second-order valence-electron chi connectivity index (χ2n) is 4.18. The Hall–Kier alpha value is -2.58. The summed E-state index contributed by atoms with van der Waals surface area (Å²) in [5.41, 5.74) is 3.95. The highest BCUT2D eigenvalue weighted by Crippen LogP contribution is 2.29. The number of nitrogens with zero attached hydrogens (tertiary/aromatic N) is 3. The van der Waals surface area contributed by atoms with Crippen LogP contribution in [0.5, 0.6) is 0 Å². The first-order valence-corrected chi connectivity index (χ1v) is 5.95. The van der Waals surface area contributed by atoms with Gasteiger partial charge in [-0.1, -0.05) is 0 Å². The van der Waals surface area contributed by atoms with Crippen molar-refractivity contribution in [1.82, 2.24) is 14.5 Å². The molecule has 0 saturated carbocycles. The molecule has 0 saturated heterocycles. The third-order valence-electron chi connectivity index (χ3n) is 2.67. The van der Waals surface area contributed by atoms with E-state index in [-0.39, 0.29) is 17.9 Å². The lowest BCUT2D eigenvalue weighted by atomic mass is 10.2. The predicted molar refractivity (Wildman–Crippen MR) is 68.5 cm³/mol. The fourth-order valence-corrected chi connectivity index (χ4v) is 1.67. The molecular formula is C12H12F3N5O. The van der Waals surface area contributed by atoms with Crippen molar-refractivity contribution in [3.8, 4) is 0 Å². The van der Waals surface area contributed by atoms with Crippen LogP contribution in [0.2, 0.25) is 0 Å². The van der Waals surface area contributed by atoms with Crippen LogP contribution in [0, 0.1) is 0 Å². The zero-order valence-electron chi connectivity index (χ0n) is 10.8. The standard InChI is InChI=1S/C12H12F3N5O/c13-12(14,15)9-2-1-8(10(16)21)11(19-9)18-4-6-20-5-3-17-7-20/h1-3,5,7H,4,6H2,(H2,16,21)(H,18,19). The summed E-state index contributed by atoms with van der Waals surface area (Å²) in [6, 6.07) is 1.73. The van der Waals surface area contributed by atoms with Gasteiger partial charge in [0.05, 0.1) is 11.9 Å². The minimum absolute atomic E-state index is 0.0892. The molecule has 0 aliphatic heterocycles. The first-order chi connectivity index (χ1) is 9.88. The Morgan fingerprint density at radius 2 is 2.14 bits per heavy atom. The van der Waals surface area contributed by atoms with Crippen molar-refractivity contribution in [3.05, 3.63) is 42.1 Å². The van der Waals surface area contributed by atoms with E-state index >= 15 is 0 Å². The Kier molecular flexibility index (Phi) is 4.10. The highest BCUT2D eigenvalue weighted by Gasteiger charge is 2.33. The number of rotatable bonds is 5. The van der Waals surface area contributed by atoms with Crippen molar-refractivity contribution < 1.29 is 18.0 Å². The molecule has 0 unspecified atom stereocenters. The van der Waals surface area contributed by atoms with Crippen LogP contribution in [-0.4, -0.2) is 27.0 Å². The largest absolute Gasteiger partial charge is 0.433 e. The maximum atomic E-state index is 12.6. The van der Waals surface area contributed by atoms with Gasteiger partial charge in [0, 0.05) is 25.5 Å². The number of anilines is 1. The molecule has 2 aromatic heterocycles. The van der Waals surface area contributed by atoms with Crippen LogP contribution in [0.4, 0.5) is 19.0 Å². The summed E-state index contributed by atoms with van der Waals surface area (Å²) >= 11 is 0. The molecule has 0 atom stereocenters. The Balaban J connectivity index is 2.16. The molecule has 0 bridgehead atoms. The maximum absolute atomic E-state index is 12.6. The minimum atomic E-state index is -4.59. The van der Waals surface area contributed by atoms with Crippen LogP contribution in [0.25, 0.3) is 0 Å². The third kappa shape index (κ3) is 3.71. The number of hydrogen-bond acceptors (Lipinski definition) is 4. The highest BCUT2D eigenvalue weighted by atomic mass is 19.4. The quantitative estimate of drug-likeness (QED) is 0.876. The van der Waals surface area contributed by atoms with Gasteiger partial charge in [-0.15, -0.1) is 0 Å². The number of imidazole rings is 1. The summed E-state index contributed by atoms with van der Waals surface area (Å²) in [7, 11) is 0. The third-order valence-corrected chi connectivity index (χ3v) is 2.67. The van der Waals surface area contributed by atoms with Crippen molar-refractivity contribution in [1.29, 1.82) is 0 Å². The SMILES string of the molecule is NC(=O)c1ccc(C(F)(F)F)nc1NCCn1ccnc1. The first kappa shape index (κ1) is 14.8. The summed E-state index contributed by atoms with van der Waals surface area (Å²) in [4.78, 5) is 18.5. The Morgan fingerprint density at radius 1 is 1.38 bits per heavy atom. The van der Waals surface area contributed by atoms with Gasteiger partial charge in [0.1, 0.15) is 11.5 Å². The van der Waals surface area contributed by atoms with Gasteiger partial charge in [-0.05, 0) is 12.1 Å². The van der Waals surface area contributed by atoms with E-state index in [0.717, 1.165) is 12.1 Å². The van der Waals surface area contributed by atoms with Gasteiger partial charge in [-0.25, -0.2) is 9.97 Å². The number of carbonyl (C=O) groups excluding carboxylic acids is 1. The average Bonchev–Trinajstić information content (AvgIpc) is 2.90. The number of aromatic nitrogens is 3. The molecule has 0 aliphatic carbocycles. The van der Waals surface area contributed by atoms with Crippen LogP contribution >= 0.6 is 0 Å². The summed E-state index contributed by atoms with van der Waals surface area (Å²) in [6.45, 7) is 0.723. The smallest absolute Gasteiger partial charge is 0.368 e. The number of nitrogens with one attached hydrogen (secondary N) is 1. The monoisotopic (exact) mass is 299 g/mol. The molecule has 2 aromatic rings. The molecular weight excluding hydrogens is 287 g/mol. The van der Waals surface area contributed by atoms with Crippen molar-refractivity contribution >= 4 is 11.7 Å². The number of halogens is 3. The van der Waals surface area contributed by atoms with E-state index in [2.05, 4.69) is 15.3 Å². The predicted octanol–water partition coefficient (Wildman–Crippen LogP) is 1.51. The molecule has 2 heterocycles. The van der Waals surface area contributed by atoms with E-state index < -0.39 is 17.8 Å². The molecule has 0 aliphatic rings. The van der Waals surface area contributed by atoms with Gasteiger partial charge < -0.3 is 15.6 Å². The van der Waals surface area contributed by atoms with Crippen LogP contribution in [0.1, 0.15) is 16.1 Å². The molecule has 3 N–H and O–H groups in total. The number of primary amides is 1. The van der Waals surface area contributed by atoms with E-state index in [1.165, 1.54) is 0 Å². The Labute approximate surface area is 117 Å².